The van der Waals surface area contributed by atoms with Crippen molar-refractivity contribution < 1.29 is 22.4 Å². The van der Waals surface area contributed by atoms with Gasteiger partial charge in [-0.1, -0.05) is 60.3 Å². The Bertz CT molecular complexity index is 1450. The summed E-state index contributed by atoms with van der Waals surface area (Å²) in [5, 5.41) is 3.73. The molecule has 0 saturated heterocycles. The Balaban J connectivity index is 1.69. The summed E-state index contributed by atoms with van der Waals surface area (Å²) in [4.78, 5) is 28.5. The topological polar surface area (TPSA) is 86.8 Å². The van der Waals surface area contributed by atoms with Crippen LogP contribution in [0.4, 0.5) is 10.1 Å². The minimum absolute atomic E-state index is 0.0280. The van der Waals surface area contributed by atoms with Crippen LogP contribution in [0.15, 0.2) is 77.7 Å². The molecule has 0 aliphatic heterocycles. The summed E-state index contributed by atoms with van der Waals surface area (Å²) in [5.41, 5.74) is 0.644. The van der Waals surface area contributed by atoms with Crippen LogP contribution in [0.3, 0.4) is 0 Å². The first-order valence-corrected chi connectivity index (χ1v) is 15.1. The third-order valence-electron chi connectivity index (χ3n) is 6.95. The van der Waals surface area contributed by atoms with Crippen molar-refractivity contribution in [3.63, 3.8) is 0 Å². The second kappa shape index (κ2) is 13.0. The van der Waals surface area contributed by atoms with Crippen LogP contribution in [-0.2, 0) is 26.2 Å². The average Bonchev–Trinajstić information content (AvgIpc) is 3.45. The number of sulfonamides is 1. The van der Waals surface area contributed by atoms with Crippen LogP contribution in [0, 0.1) is 5.82 Å². The molecule has 0 spiro atoms. The molecule has 1 atom stereocenters. The molecule has 1 N–H and O–H groups in total. The van der Waals surface area contributed by atoms with Crippen molar-refractivity contribution in [2.75, 3.05) is 10.8 Å². The van der Waals surface area contributed by atoms with E-state index in [4.69, 9.17) is 23.2 Å². The highest BCUT2D eigenvalue weighted by molar-refractivity contribution is 7.92. The van der Waals surface area contributed by atoms with E-state index in [0.29, 0.717) is 15.6 Å². The second-order valence-corrected chi connectivity index (χ2v) is 12.4. The number of nitrogens with zero attached hydrogens (tertiary/aromatic N) is 2. The Hall–Kier alpha value is -3.14. The van der Waals surface area contributed by atoms with Gasteiger partial charge < -0.3 is 10.2 Å². The molecular weight excluding hydrogens is 576 g/mol. The average molecular weight is 607 g/mol. The van der Waals surface area contributed by atoms with Crippen molar-refractivity contribution in [2.45, 2.75) is 56.1 Å². The molecule has 4 rings (SSSR count). The Morgan fingerprint density at radius 2 is 1.65 bits per heavy atom. The molecule has 1 saturated carbocycles. The predicted octanol–water partition coefficient (Wildman–Crippen LogP) is 5.80. The summed E-state index contributed by atoms with van der Waals surface area (Å²) in [6.07, 6.45) is 3.77. The Kier molecular flexibility index (Phi) is 9.71. The molecule has 2 amide bonds. The smallest absolute Gasteiger partial charge is 0.264 e. The van der Waals surface area contributed by atoms with E-state index in [1.54, 1.807) is 37.3 Å². The molecule has 1 aliphatic rings. The van der Waals surface area contributed by atoms with Gasteiger partial charge >= 0.3 is 0 Å². The van der Waals surface area contributed by atoms with E-state index in [0.717, 1.165) is 42.1 Å². The molecule has 0 radical (unpaired) electrons. The van der Waals surface area contributed by atoms with Gasteiger partial charge in [-0.3, -0.25) is 13.9 Å². The van der Waals surface area contributed by atoms with E-state index in [1.807, 2.05) is 0 Å². The quantitative estimate of drug-likeness (QED) is 0.316. The van der Waals surface area contributed by atoms with E-state index in [9.17, 15) is 22.4 Å². The lowest BCUT2D eigenvalue weighted by atomic mass is 10.1. The number of hydrogen-bond donors (Lipinski definition) is 1. The fraction of sp³-hybridized carbons (Fsp3) is 0.310. The lowest BCUT2D eigenvalue weighted by Crippen LogP contribution is -2.52. The van der Waals surface area contributed by atoms with Crippen molar-refractivity contribution >= 4 is 50.7 Å². The van der Waals surface area contributed by atoms with Crippen LogP contribution in [-0.4, -0.2) is 43.8 Å². The van der Waals surface area contributed by atoms with Gasteiger partial charge in [-0.2, -0.15) is 0 Å². The minimum atomic E-state index is -4.23. The van der Waals surface area contributed by atoms with E-state index in [-0.39, 0.29) is 29.1 Å². The molecule has 212 valence electrons. The van der Waals surface area contributed by atoms with Gasteiger partial charge in [-0.25, -0.2) is 12.8 Å². The highest BCUT2D eigenvalue weighted by Crippen LogP contribution is 2.27. The van der Waals surface area contributed by atoms with Crippen LogP contribution < -0.4 is 9.62 Å². The van der Waals surface area contributed by atoms with Crippen LogP contribution in [0.25, 0.3) is 0 Å². The monoisotopic (exact) mass is 605 g/mol. The fourth-order valence-electron chi connectivity index (χ4n) is 4.66. The fourth-order valence-corrected chi connectivity index (χ4v) is 6.57. The molecule has 0 unspecified atom stereocenters. The summed E-state index contributed by atoms with van der Waals surface area (Å²) in [7, 11) is -4.23. The molecule has 1 aliphatic carbocycles. The first-order valence-electron chi connectivity index (χ1n) is 12.9. The zero-order chi connectivity index (χ0) is 28.9. The normalized spacial score (nSPS) is 14.5. The molecule has 0 bridgehead atoms. The van der Waals surface area contributed by atoms with Crippen molar-refractivity contribution in [2.24, 2.45) is 0 Å². The van der Waals surface area contributed by atoms with Gasteiger partial charge in [0.1, 0.15) is 18.4 Å². The molecule has 3 aromatic rings. The lowest BCUT2D eigenvalue weighted by molar-refractivity contribution is -0.139. The zero-order valence-electron chi connectivity index (χ0n) is 21.9. The Morgan fingerprint density at radius 1 is 1.00 bits per heavy atom. The highest BCUT2D eigenvalue weighted by atomic mass is 35.5. The van der Waals surface area contributed by atoms with Gasteiger partial charge in [0.2, 0.25) is 11.8 Å². The largest absolute Gasteiger partial charge is 0.352 e. The van der Waals surface area contributed by atoms with Gasteiger partial charge in [0.05, 0.1) is 10.6 Å². The zero-order valence-corrected chi connectivity index (χ0v) is 24.2. The van der Waals surface area contributed by atoms with Crippen LogP contribution in [0.1, 0.15) is 38.2 Å². The SMILES string of the molecule is C[C@H](C(=O)NC1CCCC1)N(Cc1ccc(Cl)cc1Cl)C(=O)CN(c1ccc(F)cc1)S(=O)(=O)c1ccccc1. The van der Waals surface area contributed by atoms with E-state index < -0.39 is 34.3 Å². The van der Waals surface area contributed by atoms with E-state index in [2.05, 4.69) is 5.32 Å². The lowest BCUT2D eigenvalue weighted by Gasteiger charge is -2.32. The number of anilines is 1. The first-order chi connectivity index (χ1) is 19.1. The van der Waals surface area contributed by atoms with Crippen LogP contribution >= 0.6 is 23.2 Å². The molecular formula is C29H30Cl2FN3O4S. The van der Waals surface area contributed by atoms with E-state index >= 15 is 0 Å². The molecule has 40 heavy (non-hydrogen) atoms. The van der Waals surface area contributed by atoms with Crippen molar-refractivity contribution in [3.8, 4) is 0 Å². The van der Waals surface area contributed by atoms with Gasteiger partial charge in [0.15, 0.2) is 0 Å². The molecule has 0 aromatic heterocycles. The van der Waals surface area contributed by atoms with Crippen molar-refractivity contribution in [3.05, 3.63) is 94.2 Å². The molecule has 7 nitrogen and oxygen atoms in total. The molecule has 1 fully saturated rings. The number of carbonyl (C=O) groups is 2. The summed E-state index contributed by atoms with van der Waals surface area (Å²) in [6, 6.07) is 16.4. The second-order valence-electron chi connectivity index (χ2n) is 9.72. The number of benzene rings is 3. The van der Waals surface area contributed by atoms with Crippen LogP contribution in [0.2, 0.25) is 10.0 Å². The Labute approximate surface area is 243 Å². The van der Waals surface area contributed by atoms with Gasteiger partial charge in [0, 0.05) is 22.6 Å². The number of rotatable bonds is 10. The highest BCUT2D eigenvalue weighted by Gasteiger charge is 2.33. The number of nitrogens with one attached hydrogen (secondary N) is 1. The standard InChI is InChI=1S/C29H30Cl2FN3O4S/c1-20(29(37)33-24-7-5-6-8-24)34(18-21-11-12-22(30)17-27(21)31)28(36)19-35(25-15-13-23(32)14-16-25)40(38,39)26-9-3-2-4-10-26/h2-4,9-17,20,24H,5-8,18-19H2,1H3,(H,33,37)/t20-/m1/s1. The molecule has 11 heteroatoms. The van der Waals surface area contributed by atoms with E-state index in [1.165, 1.54) is 35.2 Å². The van der Waals surface area contributed by atoms with Crippen molar-refractivity contribution in [1.29, 1.82) is 0 Å². The maximum Gasteiger partial charge on any atom is 0.264 e. The van der Waals surface area contributed by atoms with Crippen molar-refractivity contribution in [1.82, 2.24) is 10.2 Å². The van der Waals surface area contributed by atoms with Gasteiger partial charge in [0.25, 0.3) is 10.0 Å². The third-order valence-corrected chi connectivity index (χ3v) is 9.32. The number of carbonyl (C=O) groups excluding carboxylic acids is 2. The summed E-state index contributed by atoms with van der Waals surface area (Å²) in [6.45, 7) is 0.909. The summed E-state index contributed by atoms with van der Waals surface area (Å²) < 4.78 is 42.1. The first kappa shape index (κ1) is 29.8. The molecule has 3 aromatic carbocycles. The third kappa shape index (κ3) is 7.13. The Morgan fingerprint density at radius 3 is 2.27 bits per heavy atom. The molecule has 0 heterocycles. The number of hydrogen-bond acceptors (Lipinski definition) is 4. The van der Waals surface area contributed by atoms with Gasteiger partial charge in [-0.15, -0.1) is 0 Å². The number of halogens is 3. The number of amides is 2. The maximum absolute atomic E-state index is 13.9. The maximum atomic E-state index is 13.9. The summed E-state index contributed by atoms with van der Waals surface area (Å²) in [5.74, 6) is -1.53. The minimum Gasteiger partial charge on any atom is -0.352 e. The van der Waals surface area contributed by atoms with Crippen LogP contribution in [0.5, 0.6) is 0 Å². The predicted molar refractivity (Wildman–Crippen MR) is 154 cm³/mol. The van der Waals surface area contributed by atoms with Gasteiger partial charge in [-0.05, 0) is 73.9 Å². The summed E-state index contributed by atoms with van der Waals surface area (Å²) >= 11 is 12.5.